The third kappa shape index (κ3) is 2.01. The number of carboxylic acids is 1. The number of carboxylic acid groups (broad SMARTS) is 1. The van der Waals surface area contributed by atoms with Gasteiger partial charge in [-0.3, -0.25) is 4.79 Å². The van der Waals surface area contributed by atoms with Gasteiger partial charge >= 0.3 is 5.97 Å². The van der Waals surface area contributed by atoms with Gasteiger partial charge in [0, 0.05) is 10.8 Å². The standard InChI is InChI=1S/C7H10N2O2S/c1-7(2,3-6(10)11)5-4-12-9-8-5/h4H,3H2,1-2H3,(H,10,11). The number of rotatable bonds is 3. The van der Waals surface area contributed by atoms with Crippen molar-refractivity contribution in [2.75, 3.05) is 0 Å². The van der Waals surface area contributed by atoms with Crippen molar-refractivity contribution in [1.82, 2.24) is 9.59 Å². The highest BCUT2D eigenvalue weighted by atomic mass is 32.1. The van der Waals surface area contributed by atoms with Gasteiger partial charge < -0.3 is 5.11 Å². The molecule has 1 N–H and O–H groups in total. The highest BCUT2D eigenvalue weighted by molar-refractivity contribution is 7.03. The minimum Gasteiger partial charge on any atom is -0.481 e. The fourth-order valence-corrected chi connectivity index (χ4v) is 1.58. The third-order valence-corrected chi connectivity index (χ3v) is 2.15. The van der Waals surface area contributed by atoms with Gasteiger partial charge in [0.1, 0.15) is 0 Å². The van der Waals surface area contributed by atoms with E-state index in [4.69, 9.17) is 5.11 Å². The first-order valence-electron chi connectivity index (χ1n) is 3.52. The SMILES string of the molecule is CC(C)(CC(=O)O)c1csnn1. The number of hydrogen-bond acceptors (Lipinski definition) is 4. The van der Waals surface area contributed by atoms with Crippen LogP contribution >= 0.6 is 11.5 Å². The van der Waals surface area contributed by atoms with Gasteiger partial charge in [-0.05, 0) is 11.5 Å². The van der Waals surface area contributed by atoms with E-state index >= 15 is 0 Å². The Morgan fingerprint density at radius 3 is 2.83 bits per heavy atom. The van der Waals surface area contributed by atoms with Crippen LogP contribution in [-0.2, 0) is 10.2 Å². The van der Waals surface area contributed by atoms with Crippen LogP contribution < -0.4 is 0 Å². The predicted molar refractivity (Wildman–Crippen MR) is 45.2 cm³/mol. The van der Waals surface area contributed by atoms with Gasteiger partial charge in [0.2, 0.25) is 0 Å². The molecule has 0 bridgehead atoms. The molecule has 0 unspecified atom stereocenters. The topological polar surface area (TPSA) is 63.1 Å². The monoisotopic (exact) mass is 186 g/mol. The van der Waals surface area contributed by atoms with Crippen molar-refractivity contribution in [3.63, 3.8) is 0 Å². The molecule has 0 fully saturated rings. The quantitative estimate of drug-likeness (QED) is 0.772. The second-order valence-corrected chi connectivity index (χ2v) is 3.85. The lowest BCUT2D eigenvalue weighted by atomic mass is 9.86. The molecule has 1 aromatic heterocycles. The summed E-state index contributed by atoms with van der Waals surface area (Å²) < 4.78 is 3.69. The number of carbonyl (C=O) groups is 1. The Kier molecular flexibility index (Phi) is 2.42. The maximum absolute atomic E-state index is 10.5. The van der Waals surface area contributed by atoms with E-state index in [2.05, 4.69) is 9.59 Å². The molecule has 0 saturated carbocycles. The number of aromatic nitrogens is 2. The zero-order chi connectivity index (χ0) is 9.19. The lowest BCUT2D eigenvalue weighted by Gasteiger charge is -2.18. The Morgan fingerprint density at radius 2 is 2.42 bits per heavy atom. The van der Waals surface area contributed by atoms with Crippen LogP contribution in [0.25, 0.3) is 0 Å². The second-order valence-electron chi connectivity index (χ2n) is 3.24. The van der Waals surface area contributed by atoms with Crippen LogP contribution in [0.1, 0.15) is 26.0 Å². The Labute approximate surface area is 74.4 Å². The molecule has 0 atom stereocenters. The Bertz CT molecular complexity index is 269. The molecule has 4 nitrogen and oxygen atoms in total. The van der Waals surface area contributed by atoms with E-state index in [0.717, 1.165) is 5.69 Å². The van der Waals surface area contributed by atoms with E-state index in [0.29, 0.717) is 0 Å². The summed E-state index contributed by atoms with van der Waals surface area (Å²) in [7, 11) is 0. The van der Waals surface area contributed by atoms with E-state index in [-0.39, 0.29) is 6.42 Å². The molecule has 0 aromatic carbocycles. The molecular weight excluding hydrogens is 176 g/mol. The summed E-state index contributed by atoms with van der Waals surface area (Å²) in [6.45, 7) is 3.69. The van der Waals surface area contributed by atoms with Gasteiger partial charge in [0.15, 0.2) is 0 Å². The molecule has 0 radical (unpaired) electrons. The van der Waals surface area contributed by atoms with Crippen molar-refractivity contribution >= 4 is 17.5 Å². The minimum atomic E-state index is -0.812. The maximum Gasteiger partial charge on any atom is 0.304 e. The highest BCUT2D eigenvalue weighted by Crippen LogP contribution is 2.25. The van der Waals surface area contributed by atoms with Gasteiger partial charge in [-0.15, -0.1) is 5.10 Å². The zero-order valence-corrected chi connectivity index (χ0v) is 7.76. The zero-order valence-electron chi connectivity index (χ0n) is 6.94. The average Bonchev–Trinajstić information content (AvgIpc) is 2.32. The highest BCUT2D eigenvalue weighted by Gasteiger charge is 2.26. The third-order valence-electron chi connectivity index (χ3n) is 1.65. The van der Waals surface area contributed by atoms with Crippen molar-refractivity contribution in [2.45, 2.75) is 25.7 Å². The van der Waals surface area contributed by atoms with Crippen LogP contribution in [0.4, 0.5) is 0 Å². The normalized spacial score (nSPS) is 11.5. The van der Waals surface area contributed by atoms with Crippen molar-refractivity contribution < 1.29 is 9.90 Å². The van der Waals surface area contributed by atoms with Crippen molar-refractivity contribution in [1.29, 1.82) is 0 Å². The van der Waals surface area contributed by atoms with Gasteiger partial charge in [-0.2, -0.15) is 0 Å². The minimum absolute atomic E-state index is 0.0818. The Hall–Kier alpha value is -0.970. The van der Waals surface area contributed by atoms with Crippen molar-refractivity contribution in [3.05, 3.63) is 11.1 Å². The van der Waals surface area contributed by atoms with Gasteiger partial charge in [-0.25, -0.2) is 0 Å². The summed E-state index contributed by atoms with van der Waals surface area (Å²) in [6, 6.07) is 0. The van der Waals surface area contributed by atoms with E-state index < -0.39 is 11.4 Å². The summed E-state index contributed by atoms with van der Waals surface area (Å²) in [5, 5.41) is 14.2. The first kappa shape index (κ1) is 9.12. The van der Waals surface area contributed by atoms with Crippen LogP contribution in [0, 0.1) is 0 Å². The molecule has 0 aliphatic heterocycles. The number of nitrogens with zero attached hydrogens (tertiary/aromatic N) is 2. The molecule has 0 amide bonds. The summed E-state index contributed by atoms with van der Waals surface area (Å²) >= 11 is 1.24. The summed E-state index contributed by atoms with van der Waals surface area (Å²) in [4.78, 5) is 10.5. The smallest absolute Gasteiger partial charge is 0.304 e. The fraction of sp³-hybridized carbons (Fsp3) is 0.571. The lowest BCUT2D eigenvalue weighted by molar-refractivity contribution is -0.138. The molecule has 5 heteroatoms. The van der Waals surface area contributed by atoms with Crippen LogP contribution in [-0.4, -0.2) is 20.7 Å². The Balaban J connectivity index is 2.79. The Morgan fingerprint density at radius 1 is 1.75 bits per heavy atom. The summed E-state index contributed by atoms with van der Waals surface area (Å²) in [6.07, 6.45) is 0.0818. The van der Waals surface area contributed by atoms with E-state index in [9.17, 15) is 4.79 Å². The molecule has 0 saturated heterocycles. The van der Waals surface area contributed by atoms with Crippen LogP contribution in [0.2, 0.25) is 0 Å². The van der Waals surface area contributed by atoms with Crippen LogP contribution in [0.3, 0.4) is 0 Å². The summed E-state index contributed by atoms with van der Waals surface area (Å²) in [5.41, 5.74) is 0.327. The molecule has 1 heterocycles. The lowest BCUT2D eigenvalue weighted by Crippen LogP contribution is -2.22. The molecule has 0 aliphatic carbocycles. The van der Waals surface area contributed by atoms with E-state index in [1.54, 1.807) is 5.38 Å². The molecule has 0 spiro atoms. The molecule has 1 aromatic rings. The fourth-order valence-electron chi connectivity index (χ4n) is 0.928. The predicted octanol–water partition coefficient (Wildman–Crippen LogP) is 1.29. The molecule has 1 rings (SSSR count). The van der Waals surface area contributed by atoms with E-state index in [1.165, 1.54) is 11.5 Å². The molecule has 12 heavy (non-hydrogen) atoms. The molecular formula is C7H10N2O2S. The van der Waals surface area contributed by atoms with Crippen LogP contribution in [0.5, 0.6) is 0 Å². The van der Waals surface area contributed by atoms with E-state index in [1.807, 2.05) is 13.8 Å². The largest absolute Gasteiger partial charge is 0.481 e. The van der Waals surface area contributed by atoms with Gasteiger partial charge in [-0.1, -0.05) is 18.3 Å². The second kappa shape index (κ2) is 3.18. The number of hydrogen-bond donors (Lipinski definition) is 1. The first-order valence-corrected chi connectivity index (χ1v) is 4.35. The van der Waals surface area contributed by atoms with Gasteiger partial charge in [0.05, 0.1) is 12.1 Å². The van der Waals surface area contributed by atoms with Crippen molar-refractivity contribution in [3.8, 4) is 0 Å². The maximum atomic E-state index is 10.5. The number of aliphatic carboxylic acids is 1. The van der Waals surface area contributed by atoms with Crippen molar-refractivity contribution in [2.24, 2.45) is 0 Å². The molecule has 66 valence electrons. The first-order chi connectivity index (χ1) is 5.52. The van der Waals surface area contributed by atoms with Gasteiger partial charge in [0.25, 0.3) is 0 Å². The average molecular weight is 186 g/mol. The molecule has 0 aliphatic rings. The summed E-state index contributed by atoms with van der Waals surface area (Å²) in [5.74, 6) is -0.812. The van der Waals surface area contributed by atoms with Crippen LogP contribution in [0.15, 0.2) is 5.38 Å².